The highest BCUT2D eigenvalue weighted by Gasteiger charge is 2.31. The summed E-state index contributed by atoms with van der Waals surface area (Å²) in [5.41, 5.74) is 2.91. The van der Waals surface area contributed by atoms with Crippen LogP contribution in [0.4, 0.5) is 5.69 Å². The topological polar surface area (TPSA) is 98.8 Å². The minimum absolute atomic E-state index is 0.124. The average Bonchev–Trinajstić information content (AvgIpc) is 2.81. The van der Waals surface area contributed by atoms with E-state index in [1.807, 2.05) is 32.0 Å². The predicted molar refractivity (Wildman–Crippen MR) is 121 cm³/mol. The molecule has 0 aromatic heterocycles. The fourth-order valence-electron chi connectivity index (χ4n) is 3.78. The molecule has 0 heterocycles. The van der Waals surface area contributed by atoms with Crippen molar-refractivity contribution in [2.24, 2.45) is 0 Å². The molecule has 1 aliphatic rings. The zero-order valence-electron chi connectivity index (χ0n) is 18.1. The Labute approximate surface area is 190 Å². The maximum Gasteiger partial charge on any atom is 0.344 e. The van der Waals surface area contributed by atoms with Crippen LogP contribution >= 0.6 is 0 Å². The van der Waals surface area contributed by atoms with Gasteiger partial charge in [-0.2, -0.15) is 0 Å². The average molecular weight is 443 g/mol. The van der Waals surface area contributed by atoms with Crippen molar-refractivity contribution in [1.29, 1.82) is 0 Å². The number of esters is 1. The van der Waals surface area contributed by atoms with Gasteiger partial charge in [-0.3, -0.25) is 14.4 Å². The summed E-state index contributed by atoms with van der Waals surface area (Å²) in [4.78, 5) is 50.2. The van der Waals surface area contributed by atoms with Crippen LogP contribution in [0.15, 0.2) is 60.7 Å². The van der Waals surface area contributed by atoms with E-state index in [1.54, 1.807) is 36.4 Å². The summed E-state index contributed by atoms with van der Waals surface area (Å²) in [5.74, 6) is -1.38. The van der Waals surface area contributed by atoms with Crippen molar-refractivity contribution in [1.82, 2.24) is 0 Å². The molecule has 7 nitrogen and oxygen atoms in total. The van der Waals surface area contributed by atoms with Crippen LogP contribution < -0.4 is 10.1 Å². The number of amides is 1. The Hall–Kier alpha value is -4.26. The van der Waals surface area contributed by atoms with E-state index in [-0.39, 0.29) is 40.6 Å². The predicted octanol–water partition coefficient (Wildman–Crippen LogP) is 3.64. The number of nitrogens with one attached hydrogen (secondary N) is 1. The van der Waals surface area contributed by atoms with Crippen LogP contribution in [0.1, 0.15) is 43.0 Å². The minimum atomic E-state index is -0.705. The third-order valence-electron chi connectivity index (χ3n) is 5.33. The second-order valence-corrected chi connectivity index (χ2v) is 7.65. The molecular weight excluding hydrogens is 422 g/mol. The first kappa shape index (κ1) is 22.0. The van der Waals surface area contributed by atoms with Gasteiger partial charge in [0.15, 0.2) is 24.8 Å². The van der Waals surface area contributed by atoms with Crippen LogP contribution in [0, 0.1) is 13.8 Å². The SMILES string of the molecule is Cc1cccc(C)c1OCC(=O)OCC(=O)Nc1cccc2c1C(=O)c1ccccc1C2=O. The van der Waals surface area contributed by atoms with Crippen molar-refractivity contribution in [3.8, 4) is 5.75 Å². The Morgan fingerprint density at radius 1 is 0.758 bits per heavy atom. The normalized spacial score (nSPS) is 11.9. The number of fused-ring (bicyclic) bond motifs is 2. The molecule has 0 radical (unpaired) electrons. The lowest BCUT2D eigenvalue weighted by Crippen LogP contribution is -2.27. The van der Waals surface area contributed by atoms with Gasteiger partial charge in [0.25, 0.3) is 5.91 Å². The highest BCUT2D eigenvalue weighted by atomic mass is 16.6. The number of anilines is 1. The minimum Gasteiger partial charge on any atom is -0.481 e. The molecule has 0 unspecified atom stereocenters. The molecule has 0 bridgehead atoms. The smallest absolute Gasteiger partial charge is 0.344 e. The Morgan fingerprint density at radius 3 is 2.06 bits per heavy atom. The second-order valence-electron chi connectivity index (χ2n) is 7.65. The molecule has 0 atom stereocenters. The quantitative estimate of drug-likeness (QED) is 0.457. The number of benzene rings is 3. The third kappa shape index (κ3) is 4.39. The van der Waals surface area contributed by atoms with Gasteiger partial charge < -0.3 is 14.8 Å². The van der Waals surface area contributed by atoms with Crippen molar-refractivity contribution in [2.75, 3.05) is 18.5 Å². The molecule has 4 rings (SSSR count). The lowest BCUT2D eigenvalue weighted by molar-refractivity contribution is -0.149. The molecule has 7 heteroatoms. The number of hydrogen-bond acceptors (Lipinski definition) is 6. The molecule has 3 aromatic carbocycles. The molecule has 166 valence electrons. The molecule has 0 aliphatic heterocycles. The number of aryl methyl sites for hydroxylation is 2. The number of para-hydroxylation sites is 1. The maximum absolute atomic E-state index is 13.0. The van der Waals surface area contributed by atoms with Crippen LogP contribution in [0.5, 0.6) is 5.75 Å². The summed E-state index contributed by atoms with van der Waals surface area (Å²) in [6.45, 7) is 2.83. The molecule has 33 heavy (non-hydrogen) atoms. The second kappa shape index (κ2) is 9.08. The summed E-state index contributed by atoms with van der Waals surface area (Å²) in [6.07, 6.45) is 0. The molecule has 0 saturated heterocycles. The zero-order valence-corrected chi connectivity index (χ0v) is 18.1. The summed E-state index contributed by atoms with van der Waals surface area (Å²) in [6, 6.07) is 16.8. The Bertz CT molecular complexity index is 1270. The lowest BCUT2D eigenvalue weighted by atomic mass is 9.83. The molecule has 1 N–H and O–H groups in total. The van der Waals surface area contributed by atoms with Crippen LogP contribution in [-0.2, 0) is 14.3 Å². The van der Waals surface area contributed by atoms with Gasteiger partial charge in [-0.15, -0.1) is 0 Å². The first-order chi connectivity index (χ1) is 15.9. The van der Waals surface area contributed by atoms with Gasteiger partial charge in [-0.1, -0.05) is 54.6 Å². The fourth-order valence-corrected chi connectivity index (χ4v) is 3.78. The van der Waals surface area contributed by atoms with E-state index in [9.17, 15) is 19.2 Å². The molecule has 1 amide bonds. The van der Waals surface area contributed by atoms with E-state index >= 15 is 0 Å². The van der Waals surface area contributed by atoms with E-state index in [0.717, 1.165) is 11.1 Å². The highest BCUT2D eigenvalue weighted by Crippen LogP contribution is 2.31. The third-order valence-corrected chi connectivity index (χ3v) is 5.33. The number of ketones is 2. The highest BCUT2D eigenvalue weighted by molar-refractivity contribution is 6.30. The van der Waals surface area contributed by atoms with Gasteiger partial charge in [-0.05, 0) is 31.0 Å². The van der Waals surface area contributed by atoms with Crippen molar-refractivity contribution in [2.45, 2.75) is 13.8 Å². The van der Waals surface area contributed by atoms with E-state index < -0.39 is 18.5 Å². The van der Waals surface area contributed by atoms with Gasteiger partial charge in [-0.25, -0.2) is 4.79 Å². The largest absolute Gasteiger partial charge is 0.481 e. The Morgan fingerprint density at radius 2 is 1.36 bits per heavy atom. The Kier molecular flexibility index (Phi) is 6.04. The molecule has 0 spiro atoms. The first-order valence-corrected chi connectivity index (χ1v) is 10.3. The summed E-state index contributed by atoms with van der Waals surface area (Å²) in [7, 11) is 0. The molecule has 1 aliphatic carbocycles. The van der Waals surface area contributed by atoms with E-state index in [4.69, 9.17) is 9.47 Å². The van der Waals surface area contributed by atoms with Crippen LogP contribution in [-0.4, -0.2) is 36.7 Å². The monoisotopic (exact) mass is 443 g/mol. The van der Waals surface area contributed by atoms with Gasteiger partial charge >= 0.3 is 5.97 Å². The van der Waals surface area contributed by atoms with Crippen molar-refractivity contribution in [3.05, 3.63) is 94.0 Å². The van der Waals surface area contributed by atoms with Gasteiger partial charge in [0.1, 0.15) is 5.75 Å². The molecule has 3 aromatic rings. The summed E-state index contributed by atoms with van der Waals surface area (Å²) >= 11 is 0. The van der Waals surface area contributed by atoms with Gasteiger partial charge in [0.2, 0.25) is 0 Å². The van der Waals surface area contributed by atoms with E-state index in [1.165, 1.54) is 6.07 Å². The van der Waals surface area contributed by atoms with E-state index in [2.05, 4.69) is 5.32 Å². The summed E-state index contributed by atoms with van der Waals surface area (Å²) in [5, 5.41) is 2.57. The molecule has 0 saturated carbocycles. The number of hydrogen-bond donors (Lipinski definition) is 1. The van der Waals surface area contributed by atoms with Crippen molar-refractivity contribution in [3.63, 3.8) is 0 Å². The van der Waals surface area contributed by atoms with Crippen molar-refractivity contribution >= 4 is 29.1 Å². The lowest BCUT2D eigenvalue weighted by Gasteiger charge is -2.20. The standard InChI is InChI=1S/C26H21NO6/c1-15-7-5-8-16(2)26(15)33-14-22(29)32-13-21(28)27-20-12-6-11-19-23(20)25(31)18-10-4-3-9-17(18)24(19)30/h3-12H,13-14H2,1-2H3,(H,27,28). The number of carbonyl (C=O) groups excluding carboxylic acids is 4. The van der Waals surface area contributed by atoms with Crippen LogP contribution in [0.25, 0.3) is 0 Å². The molecular formula is C26H21NO6. The van der Waals surface area contributed by atoms with Crippen LogP contribution in [0.2, 0.25) is 0 Å². The fraction of sp³-hybridized carbons (Fsp3) is 0.154. The summed E-state index contributed by atoms with van der Waals surface area (Å²) < 4.78 is 10.5. The first-order valence-electron chi connectivity index (χ1n) is 10.3. The Balaban J connectivity index is 1.40. The molecule has 0 fully saturated rings. The van der Waals surface area contributed by atoms with E-state index in [0.29, 0.717) is 11.3 Å². The van der Waals surface area contributed by atoms with Crippen LogP contribution in [0.3, 0.4) is 0 Å². The maximum atomic E-state index is 13.0. The van der Waals surface area contributed by atoms with Gasteiger partial charge in [0.05, 0.1) is 11.3 Å². The number of carbonyl (C=O) groups is 4. The zero-order chi connectivity index (χ0) is 23.5. The number of rotatable bonds is 6. The van der Waals surface area contributed by atoms with Crippen molar-refractivity contribution < 1.29 is 28.7 Å². The number of ether oxygens (including phenoxy) is 2. The van der Waals surface area contributed by atoms with Gasteiger partial charge in [0, 0.05) is 16.7 Å².